The fourth-order valence-electron chi connectivity index (χ4n) is 2.10. The summed E-state index contributed by atoms with van der Waals surface area (Å²) in [5.74, 6) is 0.969. The molecule has 0 N–H and O–H groups in total. The van der Waals surface area contributed by atoms with E-state index in [2.05, 4.69) is 0 Å². The molecule has 2 rings (SSSR count). The van der Waals surface area contributed by atoms with Crippen LogP contribution in [0.3, 0.4) is 0 Å². The molecule has 0 radical (unpaired) electrons. The first kappa shape index (κ1) is 12.8. The maximum Gasteiger partial charge on any atom is 0.310 e. The monoisotopic (exact) mass is 251 g/mol. The Morgan fingerprint density at radius 3 is 2.78 bits per heavy atom. The van der Waals surface area contributed by atoms with Gasteiger partial charge in [-0.25, -0.2) is 0 Å². The zero-order valence-corrected chi connectivity index (χ0v) is 10.2. The minimum Gasteiger partial charge on any atom is -0.487 e. The molecule has 1 aromatic carbocycles. The summed E-state index contributed by atoms with van der Waals surface area (Å²) in [4.78, 5) is 10.4. The van der Waals surface area contributed by atoms with Gasteiger partial charge in [0.25, 0.3) is 0 Å². The van der Waals surface area contributed by atoms with Crippen LogP contribution in [0.2, 0.25) is 0 Å². The van der Waals surface area contributed by atoms with Crippen LogP contribution in [0.25, 0.3) is 0 Å². The summed E-state index contributed by atoms with van der Waals surface area (Å²) in [5, 5.41) is 10.8. The van der Waals surface area contributed by atoms with Crippen molar-refractivity contribution in [3.8, 4) is 5.75 Å². The molecule has 1 fully saturated rings. The van der Waals surface area contributed by atoms with Crippen molar-refractivity contribution in [2.45, 2.75) is 19.3 Å². The molecular weight excluding hydrogens is 234 g/mol. The predicted octanol–water partition coefficient (Wildman–Crippen LogP) is 2.79. The molecule has 1 aliphatic rings. The molecule has 0 spiro atoms. The highest BCUT2D eigenvalue weighted by Gasteiger charge is 2.16. The molecule has 98 valence electrons. The van der Waals surface area contributed by atoms with Gasteiger partial charge < -0.3 is 9.47 Å². The van der Waals surface area contributed by atoms with E-state index in [0.717, 1.165) is 32.5 Å². The van der Waals surface area contributed by atoms with E-state index in [1.54, 1.807) is 18.2 Å². The first-order valence-electron chi connectivity index (χ1n) is 6.21. The average Bonchev–Trinajstić information content (AvgIpc) is 2.40. The van der Waals surface area contributed by atoms with Crippen LogP contribution in [0.4, 0.5) is 5.69 Å². The summed E-state index contributed by atoms with van der Waals surface area (Å²) in [5.41, 5.74) is 0.0319. The first-order chi connectivity index (χ1) is 8.77. The van der Waals surface area contributed by atoms with Gasteiger partial charge in [-0.15, -0.1) is 0 Å². The lowest BCUT2D eigenvalue weighted by Gasteiger charge is -2.21. The molecule has 5 nitrogen and oxygen atoms in total. The number of nitro groups is 1. The number of para-hydroxylation sites is 2. The smallest absolute Gasteiger partial charge is 0.310 e. The first-order valence-corrected chi connectivity index (χ1v) is 6.21. The Bertz CT molecular complexity index is 402. The third-order valence-electron chi connectivity index (χ3n) is 3.19. The van der Waals surface area contributed by atoms with Gasteiger partial charge in [-0.3, -0.25) is 10.1 Å². The minimum atomic E-state index is -0.413. The number of nitro benzene ring substituents is 1. The fraction of sp³-hybridized carbons (Fsp3) is 0.538. The molecule has 0 aromatic heterocycles. The van der Waals surface area contributed by atoms with Gasteiger partial charge in [-0.1, -0.05) is 12.1 Å². The van der Waals surface area contributed by atoms with Gasteiger partial charge >= 0.3 is 5.69 Å². The zero-order chi connectivity index (χ0) is 12.8. The van der Waals surface area contributed by atoms with E-state index in [0.29, 0.717) is 18.3 Å². The van der Waals surface area contributed by atoms with Crippen LogP contribution in [0.1, 0.15) is 19.3 Å². The van der Waals surface area contributed by atoms with Crippen LogP contribution in [0, 0.1) is 16.0 Å². The molecule has 0 unspecified atom stereocenters. The van der Waals surface area contributed by atoms with Crippen molar-refractivity contribution in [2.75, 3.05) is 19.8 Å². The maximum absolute atomic E-state index is 10.8. The van der Waals surface area contributed by atoms with E-state index in [1.165, 1.54) is 6.07 Å². The number of rotatable bonds is 5. The van der Waals surface area contributed by atoms with E-state index in [9.17, 15) is 10.1 Å². The van der Waals surface area contributed by atoms with E-state index in [-0.39, 0.29) is 5.69 Å². The van der Waals surface area contributed by atoms with E-state index >= 15 is 0 Å². The van der Waals surface area contributed by atoms with Crippen molar-refractivity contribution in [1.82, 2.24) is 0 Å². The molecule has 0 saturated carbocycles. The Morgan fingerprint density at radius 2 is 2.06 bits per heavy atom. The highest BCUT2D eigenvalue weighted by molar-refractivity contribution is 5.45. The number of benzene rings is 1. The lowest BCUT2D eigenvalue weighted by molar-refractivity contribution is -0.385. The molecule has 1 aliphatic heterocycles. The SMILES string of the molecule is O=[N+]([O-])c1ccccc1OCCC1CCOCC1. The molecule has 1 saturated heterocycles. The Morgan fingerprint density at radius 1 is 1.33 bits per heavy atom. The second-order valence-electron chi connectivity index (χ2n) is 4.42. The lowest BCUT2D eigenvalue weighted by atomic mass is 9.97. The summed E-state index contributed by atoms with van der Waals surface area (Å²) in [6, 6.07) is 6.49. The maximum atomic E-state index is 10.8. The Kier molecular flexibility index (Phi) is 4.52. The molecule has 0 atom stereocenters. The number of hydrogen-bond acceptors (Lipinski definition) is 4. The van der Waals surface area contributed by atoms with Crippen molar-refractivity contribution in [2.24, 2.45) is 5.92 Å². The average molecular weight is 251 g/mol. The molecule has 0 aliphatic carbocycles. The van der Waals surface area contributed by atoms with E-state index < -0.39 is 4.92 Å². The largest absolute Gasteiger partial charge is 0.487 e. The molecule has 18 heavy (non-hydrogen) atoms. The van der Waals surface area contributed by atoms with Crippen molar-refractivity contribution in [3.05, 3.63) is 34.4 Å². The zero-order valence-electron chi connectivity index (χ0n) is 10.2. The quantitative estimate of drug-likeness (QED) is 0.596. The highest BCUT2D eigenvalue weighted by atomic mass is 16.6. The molecule has 1 aromatic rings. The Balaban J connectivity index is 1.84. The summed E-state index contributed by atoms with van der Waals surface area (Å²) < 4.78 is 10.8. The summed E-state index contributed by atoms with van der Waals surface area (Å²) in [6.07, 6.45) is 3.04. The van der Waals surface area contributed by atoms with Gasteiger partial charge in [0.15, 0.2) is 5.75 Å². The standard InChI is InChI=1S/C13H17NO4/c15-14(16)12-3-1-2-4-13(12)18-10-7-11-5-8-17-9-6-11/h1-4,11H,5-10H2. The molecular formula is C13H17NO4. The minimum absolute atomic E-state index is 0.0319. The van der Waals surface area contributed by atoms with Gasteiger partial charge in [-0.2, -0.15) is 0 Å². The Hall–Kier alpha value is -1.62. The van der Waals surface area contributed by atoms with E-state index in [4.69, 9.17) is 9.47 Å². The molecule has 5 heteroatoms. The Labute approximate surface area is 106 Å². The van der Waals surface area contributed by atoms with Gasteiger partial charge in [0.05, 0.1) is 11.5 Å². The number of nitrogens with zero attached hydrogens (tertiary/aromatic N) is 1. The van der Waals surface area contributed by atoms with Crippen LogP contribution >= 0.6 is 0 Å². The van der Waals surface area contributed by atoms with Crippen LogP contribution in [-0.2, 0) is 4.74 Å². The third-order valence-corrected chi connectivity index (χ3v) is 3.19. The van der Waals surface area contributed by atoms with Crippen LogP contribution in [0.5, 0.6) is 5.75 Å². The fourth-order valence-corrected chi connectivity index (χ4v) is 2.10. The summed E-state index contributed by atoms with van der Waals surface area (Å²) >= 11 is 0. The van der Waals surface area contributed by atoms with E-state index in [1.807, 2.05) is 0 Å². The van der Waals surface area contributed by atoms with Crippen molar-refractivity contribution >= 4 is 5.69 Å². The third kappa shape index (κ3) is 3.43. The van der Waals surface area contributed by atoms with Gasteiger partial charge in [0.2, 0.25) is 0 Å². The highest BCUT2D eigenvalue weighted by Crippen LogP contribution is 2.26. The van der Waals surface area contributed by atoms with Crippen LogP contribution < -0.4 is 4.74 Å². The predicted molar refractivity (Wildman–Crippen MR) is 66.8 cm³/mol. The van der Waals surface area contributed by atoms with Gasteiger partial charge in [-0.05, 0) is 31.2 Å². The van der Waals surface area contributed by atoms with Crippen molar-refractivity contribution in [3.63, 3.8) is 0 Å². The summed E-state index contributed by atoms with van der Waals surface area (Å²) in [7, 11) is 0. The lowest BCUT2D eigenvalue weighted by Crippen LogP contribution is -2.17. The van der Waals surface area contributed by atoms with Crippen molar-refractivity contribution < 1.29 is 14.4 Å². The van der Waals surface area contributed by atoms with Crippen LogP contribution in [0.15, 0.2) is 24.3 Å². The number of ether oxygens (including phenoxy) is 2. The molecule has 1 heterocycles. The second kappa shape index (κ2) is 6.35. The van der Waals surface area contributed by atoms with Crippen molar-refractivity contribution in [1.29, 1.82) is 0 Å². The topological polar surface area (TPSA) is 61.6 Å². The summed E-state index contributed by atoms with van der Waals surface area (Å²) in [6.45, 7) is 2.15. The molecule has 0 amide bonds. The molecule has 0 bridgehead atoms. The van der Waals surface area contributed by atoms with Gasteiger partial charge in [0.1, 0.15) is 0 Å². The second-order valence-corrected chi connectivity index (χ2v) is 4.42. The number of hydrogen-bond donors (Lipinski definition) is 0. The van der Waals surface area contributed by atoms with Gasteiger partial charge in [0, 0.05) is 19.3 Å². The normalized spacial score (nSPS) is 16.4. The van der Waals surface area contributed by atoms with Crippen LogP contribution in [-0.4, -0.2) is 24.7 Å².